The number of aromatic nitrogens is 2. The molecule has 3 aromatic rings. The van der Waals surface area contributed by atoms with Crippen LogP contribution in [0.4, 0.5) is 4.39 Å². The predicted octanol–water partition coefficient (Wildman–Crippen LogP) is 1.61. The molecule has 2 amide bonds. The molecular weight excluding hydrogens is 342 g/mol. The third-order valence-electron chi connectivity index (χ3n) is 4.28. The number of phenols is 2. The summed E-state index contributed by atoms with van der Waals surface area (Å²) < 4.78 is 14.1. The number of carbonyl (C=O) groups is 2. The Hall–Kier alpha value is -3.56. The summed E-state index contributed by atoms with van der Waals surface area (Å²) in [6.07, 6.45) is 1.18. The van der Waals surface area contributed by atoms with Crippen molar-refractivity contribution in [1.29, 1.82) is 5.31 Å². The van der Waals surface area contributed by atoms with E-state index < -0.39 is 29.1 Å². The Labute approximate surface area is 145 Å². The molecule has 0 spiro atoms. The van der Waals surface area contributed by atoms with Gasteiger partial charge in [0.1, 0.15) is 0 Å². The van der Waals surface area contributed by atoms with Crippen LogP contribution < -0.4 is 0 Å². The number of carbonyl (C=O) groups excluding carboxylic acids is 2. The van der Waals surface area contributed by atoms with Crippen molar-refractivity contribution in [2.24, 2.45) is 0 Å². The quantitative estimate of drug-likeness (QED) is 0.376. The number of imidazole rings is 1. The molecule has 10 heteroatoms. The molecule has 0 aliphatic carbocycles. The van der Waals surface area contributed by atoms with Crippen molar-refractivity contribution in [1.82, 2.24) is 14.4 Å². The molecule has 0 atom stereocenters. The van der Waals surface area contributed by atoms with Gasteiger partial charge in [0.15, 0.2) is 0 Å². The Morgan fingerprint density at radius 2 is 1.69 bits per heavy atom. The van der Waals surface area contributed by atoms with Crippen LogP contribution in [-0.2, 0) is 6.54 Å². The number of phenolic OH excluding ortho intramolecular Hbond substituents is 2. The standard InChI is InChI=1S/C16H10BFN4O4/c18-8-3-1-7(2-4-8)5-21-15(25)9-10(16(21)26)14(24)12-11(13(9)23)20-6-22(12)17-19/h1-4,6,19,23-24H,5H2. The zero-order chi connectivity index (χ0) is 18.6. The van der Waals surface area contributed by atoms with Crippen LogP contribution in [0.3, 0.4) is 0 Å². The van der Waals surface area contributed by atoms with E-state index in [0.29, 0.717) is 5.56 Å². The molecule has 26 heavy (non-hydrogen) atoms. The van der Waals surface area contributed by atoms with Crippen molar-refractivity contribution in [2.45, 2.75) is 6.54 Å². The molecule has 1 aliphatic heterocycles. The second-order valence-corrected chi connectivity index (χ2v) is 5.75. The van der Waals surface area contributed by atoms with Gasteiger partial charge in [-0.05, 0) is 0 Å². The van der Waals surface area contributed by atoms with E-state index in [-0.39, 0.29) is 28.7 Å². The molecule has 8 nitrogen and oxygen atoms in total. The Balaban J connectivity index is 1.86. The number of nitrogens with one attached hydrogen (secondary N) is 1. The van der Waals surface area contributed by atoms with Gasteiger partial charge in [0, 0.05) is 0 Å². The maximum atomic E-state index is 13.0. The third-order valence-corrected chi connectivity index (χ3v) is 4.28. The third kappa shape index (κ3) is 2.05. The fraction of sp³-hybridized carbons (Fsp3) is 0.0625. The van der Waals surface area contributed by atoms with Crippen LogP contribution in [-0.4, -0.2) is 43.6 Å². The summed E-state index contributed by atoms with van der Waals surface area (Å²) in [5.74, 6) is -3.09. The molecule has 4 rings (SSSR count). The first-order valence-corrected chi connectivity index (χ1v) is 7.49. The number of aromatic hydroxyl groups is 2. The maximum absolute atomic E-state index is 13.0. The van der Waals surface area contributed by atoms with E-state index >= 15 is 0 Å². The molecule has 0 radical (unpaired) electrons. The zero-order valence-electron chi connectivity index (χ0n) is 13.1. The molecule has 0 saturated carbocycles. The van der Waals surface area contributed by atoms with Crippen LogP contribution in [0.5, 0.6) is 11.5 Å². The minimum absolute atomic E-state index is 0.0407. The van der Waals surface area contributed by atoms with E-state index in [9.17, 15) is 24.2 Å². The van der Waals surface area contributed by atoms with Gasteiger partial charge in [-0.1, -0.05) is 0 Å². The van der Waals surface area contributed by atoms with E-state index in [4.69, 9.17) is 5.31 Å². The van der Waals surface area contributed by atoms with Gasteiger partial charge in [-0.2, -0.15) is 0 Å². The van der Waals surface area contributed by atoms with E-state index in [1.54, 1.807) is 0 Å². The van der Waals surface area contributed by atoms with Crippen LogP contribution in [0.25, 0.3) is 11.0 Å². The second-order valence-electron chi connectivity index (χ2n) is 5.75. The number of fused-ring (bicyclic) bond motifs is 2. The molecular formula is C16H10BFN4O4. The molecule has 0 unspecified atom stereocenters. The molecule has 2 aromatic carbocycles. The number of hydrogen-bond acceptors (Lipinski definition) is 6. The number of rotatable bonds is 3. The van der Waals surface area contributed by atoms with Gasteiger partial charge in [0.05, 0.1) is 0 Å². The Morgan fingerprint density at radius 3 is 2.31 bits per heavy atom. The molecule has 0 saturated heterocycles. The van der Waals surface area contributed by atoms with Gasteiger partial charge in [-0.25, -0.2) is 0 Å². The summed E-state index contributed by atoms with van der Waals surface area (Å²) in [7, 11) is 0.846. The van der Waals surface area contributed by atoms with Crippen molar-refractivity contribution in [2.75, 3.05) is 0 Å². The minimum atomic E-state index is -0.790. The molecule has 1 aromatic heterocycles. The van der Waals surface area contributed by atoms with Crippen molar-refractivity contribution in [3.05, 3.63) is 53.1 Å². The monoisotopic (exact) mass is 352 g/mol. The molecule has 128 valence electrons. The average molecular weight is 352 g/mol. The molecule has 1 aliphatic rings. The van der Waals surface area contributed by atoms with E-state index in [1.165, 1.54) is 30.6 Å². The first-order chi connectivity index (χ1) is 12.4. The predicted molar refractivity (Wildman–Crippen MR) is 87.5 cm³/mol. The number of amides is 2. The van der Waals surface area contributed by atoms with Crippen LogP contribution in [0.15, 0.2) is 30.6 Å². The van der Waals surface area contributed by atoms with Crippen LogP contribution >= 0.6 is 0 Å². The Morgan fingerprint density at radius 1 is 1.08 bits per heavy atom. The molecule has 3 N–H and O–H groups in total. The molecule has 0 bridgehead atoms. The SMILES string of the molecule is N=Bn1cnc2c(O)c3c(c(O)c21)C(=O)N(Cc1ccc(F)cc1)C3=O. The summed E-state index contributed by atoms with van der Waals surface area (Å²) in [6.45, 7) is -0.145. The fourth-order valence-electron chi connectivity index (χ4n) is 3.03. The zero-order valence-corrected chi connectivity index (χ0v) is 13.1. The van der Waals surface area contributed by atoms with Gasteiger partial charge in [0.2, 0.25) is 0 Å². The number of benzene rings is 2. The van der Waals surface area contributed by atoms with Gasteiger partial charge in [-0.3, -0.25) is 0 Å². The van der Waals surface area contributed by atoms with Crippen LogP contribution in [0, 0.1) is 11.1 Å². The number of halogens is 1. The van der Waals surface area contributed by atoms with Crippen LogP contribution in [0.2, 0.25) is 0 Å². The van der Waals surface area contributed by atoms with Gasteiger partial charge in [-0.15, -0.1) is 0 Å². The first-order valence-electron chi connectivity index (χ1n) is 7.49. The topological polar surface area (TPSA) is 120 Å². The fourth-order valence-corrected chi connectivity index (χ4v) is 3.03. The summed E-state index contributed by atoms with van der Waals surface area (Å²) in [6, 6.07) is 5.26. The van der Waals surface area contributed by atoms with Crippen LogP contribution in [0.1, 0.15) is 26.3 Å². The van der Waals surface area contributed by atoms with Gasteiger partial charge >= 0.3 is 145 Å². The first kappa shape index (κ1) is 15.9. The van der Waals surface area contributed by atoms with E-state index in [2.05, 4.69) is 4.98 Å². The number of imide groups is 1. The van der Waals surface area contributed by atoms with Crippen molar-refractivity contribution < 1.29 is 24.2 Å². The van der Waals surface area contributed by atoms with Gasteiger partial charge in [0.25, 0.3) is 0 Å². The average Bonchev–Trinajstić information content (AvgIpc) is 3.17. The normalized spacial score (nSPS) is 13.3. The number of hydrogen-bond donors (Lipinski definition) is 3. The van der Waals surface area contributed by atoms with E-state index in [1.807, 2.05) is 0 Å². The summed E-state index contributed by atoms with van der Waals surface area (Å²) in [5.41, 5.74) is -0.301. The molecule has 0 fully saturated rings. The second kappa shape index (κ2) is 5.48. The molecule has 2 heterocycles. The van der Waals surface area contributed by atoms with Gasteiger partial charge < -0.3 is 0 Å². The number of nitrogens with zero attached hydrogens (tertiary/aromatic N) is 3. The Bertz CT molecular complexity index is 1110. The summed E-state index contributed by atoms with van der Waals surface area (Å²) in [4.78, 5) is 30.1. The summed E-state index contributed by atoms with van der Waals surface area (Å²) in [5, 5.41) is 28.2. The van der Waals surface area contributed by atoms with Crippen molar-refractivity contribution in [3.8, 4) is 11.5 Å². The van der Waals surface area contributed by atoms with E-state index in [0.717, 1.165) is 16.6 Å². The Kier molecular flexibility index (Phi) is 3.36. The van der Waals surface area contributed by atoms with Crippen molar-refractivity contribution >= 4 is 30.1 Å². The summed E-state index contributed by atoms with van der Waals surface area (Å²) >= 11 is 0. The van der Waals surface area contributed by atoms with Crippen molar-refractivity contribution in [3.63, 3.8) is 0 Å².